The van der Waals surface area contributed by atoms with Gasteiger partial charge in [-0.15, -0.1) is 11.6 Å². The monoisotopic (exact) mass is 328 g/mol. The second-order valence-electron chi connectivity index (χ2n) is 5.17. The maximum absolute atomic E-state index is 11.7. The molecule has 0 aromatic heterocycles. The van der Waals surface area contributed by atoms with Crippen molar-refractivity contribution in [2.75, 3.05) is 40.2 Å². The van der Waals surface area contributed by atoms with Crippen LogP contribution >= 0.6 is 11.6 Å². The summed E-state index contributed by atoms with van der Waals surface area (Å²) in [5.41, 5.74) is 0.900. The molecular formula is C16H25ClN2O3. The van der Waals surface area contributed by atoms with Gasteiger partial charge in [-0.3, -0.25) is 4.79 Å². The third-order valence-electron chi connectivity index (χ3n) is 3.08. The van der Waals surface area contributed by atoms with E-state index < -0.39 is 0 Å². The molecule has 0 fully saturated rings. The molecule has 0 saturated carbocycles. The molecule has 0 radical (unpaired) electrons. The number of hydrogen-bond donors (Lipinski definition) is 1. The molecular weight excluding hydrogens is 304 g/mol. The largest absolute Gasteiger partial charge is 0.493 e. The van der Waals surface area contributed by atoms with Crippen molar-refractivity contribution < 1.29 is 14.3 Å². The number of nitrogens with one attached hydrogen (secondary N) is 1. The fourth-order valence-electron chi connectivity index (χ4n) is 1.86. The minimum Gasteiger partial charge on any atom is -0.493 e. The lowest BCUT2D eigenvalue weighted by Crippen LogP contribution is -2.23. The highest BCUT2D eigenvalue weighted by molar-refractivity contribution is 6.17. The predicted molar refractivity (Wildman–Crippen MR) is 88.8 cm³/mol. The Morgan fingerprint density at radius 1 is 1.36 bits per heavy atom. The van der Waals surface area contributed by atoms with Crippen molar-refractivity contribution in [1.82, 2.24) is 10.2 Å². The summed E-state index contributed by atoms with van der Waals surface area (Å²) in [6.07, 6.45) is 1.11. The zero-order valence-electron chi connectivity index (χ0n) is 13.5. The lowest BCUT2D eigenvalue weighted by atomic mass is 10.1. The van der Waals surface area contributed by atoms with Crippen LogP contribution in [0.5, 0.6) is 11.5 Å². The molecule has 5 nitrogen and oxygen atoms in total. The van der Waals surface area contributed by atoms with Gasteiger partial charge in [0.1, 0.15) is 6.61 Å². The molecule has 1 rings (SSSR count). The first-order chi connectivity index (χ1) is 10.6. The number of likely N-dealkylation sites (N-methyl/N-ethyl adjacent to an activating group) is 1. The van der Waals surface area contributed by atoms with E-state index in [0.29, 0.717) is 43.4 Å². The van der Waals surface area contributed by atoms with Gasteiger partial charge in [0.2, 0.25) is 5.91 Å². The summed E-state index contributed by atoms with van der Waals surface area (Å²) in [6.45, 7) is 1.77. The summed E-state index contributed by atoms with van der Waals surface area (Å²) in [5, 5.41) is 2.88. The van der Waals surface area contributed by atoms with Gasteiger partial charge >= 0.3 is 0 Å². The summed E-state index contributed by atoms with van der Waals surface area (Å²) < 4.78 is 11.2. The van der Waals surface area contributed by atoms with E-state index in [1.165, 1.54) is 0 Å². The van der Waals surface area contributed by atoms with Gasteiger partial charge in [-0.05, 0) is 26.6 Å². The SMILES string of the molecule is COc1cccc(CNC(=O)CCCCl)c1OCCN(C)C. The van der Waals surface area contributed by atoms with Crippen LogP contribution in [0.15, 0.2) is 18.2 Å². The Labute approximate surface area is 137 Å². The van der Waals surface area contributed by atoms with Crippen LogP contribution in [-0.4, -0.2) is 51.0 Å². The van der Waals surface area contributed by atoms with Gasteiger partial charge in [-0.25, -0.2) is 0 Å². The Morgan fingerprint density at radius 3 is 2.77 bits per heavy atom. The number of rotatable bonds is 10. The van der Waals surface area contributed by atoms with Gasteiger partial charge in [0, 0.05) is 31.0 Å². The Bertz CT molecular complexity index is 467. The van der Waals surface area contributed by atoms with Crippen molar-refractivity contribution in [2.24, 2.45) is 0 Å². The van der Waals surface area contributed by atoms with Crippen LogP contribution in [0.1, 0.15) is 18.4 Å². The third-order valence-corrected chi connectivity index (χ3v) is 3.35. The number of nitrogens with zero attached hydrogens (tertiary/aromatic N) is 1. The van der Waals surface area contributed by atoms with Crippen molar-refractivity contribution in [3.05, 3.63) is 23.8 Å². The summed E-state index contributed by atoms with van der Waals surface area (Å²) in [7, 11) is 5.59. The van der Waals surface area contributed by atoms with Crippen molar-refractivity contribution in [3.63, 3.8) is 0 Å². The molecule has 0 atom stereocenters. The van der Waals surface area contributed by atoms with E-state index in [1.54, 1.807) is 7.11 Å². The van der Waals surface area contributed by atoms with E-state index in [2.05, 4.69) is 5.32 Å². The Balaban J connectivity index is 2.69. The van der Waals surface area contributed by atoms with Gasteiger partial charge in [-0.2, -0.15) is 0 Å². The van der Waals surface area contributed by atoms with Gasteiger partial charge < -0.3 is 19.7 Å². The van der Waals surface area contributed by atoms with Crippen LogP contribution in [0.25, 0.3) is 0 Å². The minimum absolute atomic E-state index is 0.0114. The van der Waals surface area contributed by atoms with Crippen LogP contribution in [0.3, 0.4) is 0 Å². The second kappa shape index (κ2) is 10.3. The maximum Gasteiger partial charge on any atom is 0.220 e. The first kappa shape index (κ1) is 18.6. The molecule has 0 aliphatic rings. The molecule has 22 heavy (non-hydrogen) atoms. The molecule has 0 unspecified atom stereocenters. The Morgan fingerprint density at radius 2 is 2.14 bits per heavy atom. The average molecular weight is 329 g/mol. The average Bonchev–Trinajstić information content (AvgIpc) is 2.51. The quantitative estimate of drug-likeness (QED) is 0.669. The summed E-state index contributed by atoms with van der Waals surface area (Å²) in [6, 6.07) is 5.66. The molecule has 1 amide bonds. The van der Waals surface area contributed by atoms with Crippen molar-refractivity contribution in [2.45, 2.75) is 19.4 Å². The Hall–Kier alpha value is -1.46. The standard InChI is InChI=1S/C16H25ClN2O3/c1-19(2)10-11-22-16-13(6-4-7-14(16)21-3)12-18-15(20)8-5-9-17/h4,6-7H,5,8-12H2,1-3H3,(H,18,20). The highest BCUT2D eigenvalue weighted by Gasteiger charge is 2.11. The van der Waals surface area contributed by atoms with E-state index in [0.717, 1.165) is 12.1 Å². The highest BCUT2D eigenvalue weighted by Crippen LogP contribution is 2.31. The number of halogens is 1. The van der Waals surface area contributed by atoms with Crippen LogP contribution < -0.4 is 14.8 Å². The molecule has 0 spiro atoms. The van der Waals surface area contributed by atoms with Crippen LogP contribution in [0.4, 0.5) is 0 Å². The number of carbonyl (C=O) groups is 1. The maximum atomic E-state index is 11.7. The Kier molecular flexibility index (Phi) is 8.70. The summed E-state index contributed by atoms with van der Waals surface area (Å²) >= 11 is 5.59. The van der Waals surface area contributed by atoms with Gasteiger partial charge in [0.15, 0.2) is 11.5 Å². The topological polar surface area (TPSA) is 50.8 Å². The van der Waals surface area contributed by atoms with Crippen LogP contribution in [0.2, 0.25) is 0 Å². The van der Waals surface area contributed by atoms with Crippen molar-refractivity contribution in [3.8, 4) is 11.5 Å². The smallest absolute Gasteiger partial charge is 0.220 e. The number of ether oxygens (including phenoxy) is 2. The number of carbonyl (C=O) groups excluding carboxylic acids is 1. The van der Waals surface area contributed by atoms with Gasteiger partial charge in [0.05, 0.1) is 7.11 Å². The molecule has 0 saturated heterocycles. The minimum atomic E-state index is -0.0114. The summed E-state index contributed by atoms with van der Waals surface area (Å²) in [5.74, 6) is 1.84. The fourth-order valence-corrected chi connectivity index (χ4v) is 2.00. The highest BCUT2D eigenvalue weighted by atomic mass is 35.5. The van der Waals surface area contributed by atoms with E-state index in [4.69, 9.17) is 21.1 Å². The van der Waals surface area contributed by atoms with E-state index in [1.807, 2.05) is 37.2 Å². The van der Waals surface area contributed by atoms with Gasteiger partial charge in [0.25, 0.3) is 0 Å². The lowest BCUT2D eigenvalue weighted by Gasteiger charge is -2.17. The van der Waals surface area contributed by atoms with Crippen molar-refractivity contribution >= 4 is 17.5 Å². The number of hydrogen-bond acceptors (Lipinski definition) is 4. The zero-order chi connectivity index (χ0) is 16.4. The number of amides is 1. The molecule has 0 aliphatic heterocycles. The van der Waals surface area contributed by atoms with Crippen molar-refractivity contribution in [1.29, 1.82) is 0 Å². The first-order valence-corrected chi connectivity index (χ1v) is 7.88. The molecule has 6 heteroatoms. The summed E-state index contributed by atoms with van der Waals surface area (Å²) in [4.78, 5) is 13.7. The van der Waals surface area contributed by atoms with Crippen LogP contribution in [0, 0.1) is 0 Å². The molecule has 0 heterocycles. The molecule has 1 N–H and O–H groups in total. The van der Waals surface area contributed by atoms with Gasteiger partial charge in [-0.1, -0.05) is 12.1 Å². The molecule has 0 bridgehead atoms. The number of para-hydroxylation sites is 1. The number of benzene rings is 1. The molecule has 124 valence electrons. The molecule has 1 aromatic rings. The normalized spacial score (nSPS) is 10.6. The number of alkyl halides is 1. The second-order valence-corrected chi connectivity index (χ2v) is 5.55. The molecule has 0 aliphatic carbocycles. The van der Waals surface area contributed by atoms with E-state index in [-0.39, 0.29) is 5.91 Å². The predicted octanol–water partition coefficient (Wildman–Crippen LogP) is 2.27. The molecule has 1 aromatic carbocycles. The number of methoxy groups -OCH3 is 1. The fraction of sp³-hybridized carbons (Fsp3) is 0.562. The third kappa shape index (κ3) is 6.54. The first-order valence-electron chi connectivity index (χ1n) is 7.34. The van der Waals surface area contributed by atoms with Crippen LogP contribution in [-0.2, 0) is 11.3 Å². The van der Waals surface area contributed by atoms with E-state index >= 15 is 0 Å². The lowest BCUT2D eigenvalue weighted by molar-refractivity contribution is -0.121. The van der Waals surface area contributed by atoms with E-state index in [9.17, 15) is 4.79 Å². The zero-order valence-corrected chi connectivity index (χ0v) is 14.3.